The molecule has 0 bridgehead atoms. The average Bonchev–Trinajstić information content (AvgIpc) is 3.13. The van der Waals surface area contributed by atoms with Crippen LogP contribution in [0, 0.1) is 5.92 Å². The number of β-amino-alcohol motifs (C(OH)–C–C–N with tert-alkyl or cyclic N) is 1. The van der Waals surface area contributed by atoms with Crippen LogP contribution in [0.2, 0.25) is 0 Å². The molecule has 1 saturated heterocycles. The smallest absolute Gasteiger partial charge is 0.336 e. The molecule has 10 atom stereocenters. The fourth-order valence-electron chi connectivity index (χ4n) is 4.61. The lowest BCUT2D eigenvalue weighted by atomic mass is 9.99. The lowest BCUT2D eigenvalue weighted by Gasteiger charge is -2.31. The van der Waals surface area contributed by atoms with Gasteiger partial charge in [-0.3, -0.25) is 43.2 Å². The van der Waals surface area contributed by atoms with Gasteiger partial charge in [0.05, 0.1) is 19.3 Å². The Labute approximate surface area is 318 Å². The number of carbonyl (C=O) groups excluding carboxylic acids is 9. The van der Waals surface area contributed by atoms with Gasteiger partial charge in [-0.05, 0) is 26.7 Å². The lowest BCUT2D eigenvalue weighted by molar-refractivity contribution is -0.148. The maximum absolute atomic E-state index is 13.5. The first-order valence-electron chi connectivity index (χ1n) is 16.8. The topological polar surface area (TPSA) is 414 Å². The number of allylic oxidation sites excluding steroid dienone is 1. The summed E-state index contributed by atoms with van der Waals surface area (Å²) in [4.78, 5) is 129. The predicted molar refractivity (Wildman–Crippen MR) is 185 cm³/mol. The molecule has 1 rings (SSSR count). The standard InChI is InChI=1S/C31H49N9O16/c1-6-11(4)23(47)33-7-13-24(48)36-14(9-41)25(49)37-16(10(2)3)28(52)39-18(20(44)21(45)22(32)46)29(53)38-17(12(5)42)27(51)34-8-15(43)26(50)40-19(31(55)56)30(54)35-13/h6,10,12-21,41-45H,7-9H2,1-5H3,(H2,32,46)(H,33,47)(H,34,51)(H,35,54)(H,36,48)(H,37,49)(H,38,53)(H,39,52)(H,40,50)(H,55,56)/b11-6+/t12-,13?,14?,15+,16+,17+,18-,19+,20?,21?/m0/s1. The van der Waals surface area contributed by atoms with Crippen LogP contribution >= 0.6 is 0 Å². The summed E-state index contributed by atoms with van der Waals surface area (Å²) in [5, 5.41) is 77.4. The van der Waals surface area contributed by atoms with Crippen LogP contribution in [0.1, 0.15) is 34.6 Å². The Kier molecular flexibility index (Phi) is 18.9. The van der Waals surface area contributed by atoms with Gasteiger partial charge in [0.25, 0.3) is 11.8 Å². The van der Waals surface area contributed by atoms with Crippen molar-refractivity contribution < 1.29 is 78.6 Å². The highest BCUT2D eigenvalue weighted by atomic mass is 16.4. The van der Waals surface area contributed by atoms with E-state index in [1.807, 2.05) is 21.3 Å². The molecule has 25 nitrogen and oxygen atoms in total. The van der Waals surface area contributed by atoms with Crippen LogP contribution in [0.5, 0.6) is 0 Å². The Balaban J connectivity index is 3.81. The maximum Gasteiger partial charge on any atom is 0.336 e. The predicted octanol–water partition coefficient (Wildman–Crippen LogP) is -9.21. The van der Waals surface area contributed by atoms with E-state index in [-0.39, 0.29) is 5.57 Å². The Morgan fingerprint density at radius 2 is 1.29 bits per heavy atom. The molecule has 1 fully saturated rings. The van der Waals surface area contributed by atoms with E-state index in [2.05, 4.69) is 16.0 Å². The number of hydrogen-bond donors (Lipinski definition) is 15. The minimum atomic E-state index is -2.53. The Morgan fingerprint density at radius 1 is 0.768 bits per heavy atom. The molecule has 314 valence electrons. The van der Waals surface area contributed by atoms with Crippen molar-refractivity contribution in [3.05, 3.63) is 11.6 Å². The molecule has 9 amide bonds. The second-order valence-electron chi connectivity index (χ2n) is 12.8. The van der Waals surface area contributed by atoms with Crippen LogP contribution in [0.25, 0.3) is 0 Å². The number of aliphatic hydroxyl groups excluding tert-OH is 5. The third-order valence-corrected chi connectivity index (χ3v) is 8.12. The molecule has 0 aliphatic carbocycles. The highest BCUT2D eigenvalue weighted by molar-refractivity contribution is 6.06. The normalized spacial score (nSPS) is 27.2. The number of amides is 9. The molecule has 1 aliphatic heterocycles. The van der Waals surface area contributed by atoms with Crippen LogP contribution in [0.4, 0.5) is 0 Å². The van der Waals surface area contributed by atoms with Gasteiger partial charge in [-0.2, -0.15) is 0 Å². The molecule has 0 saturated carbocycles. The number of nitrogens with two attached hydrogens (primary N) is 1. The fraction of sp³-hybridized carbons (Fsp3) is 0.613. The highest BCUT2D eigenvalue weighted by Gasteiger charge is 2.41. The van der Waals surface area contributed by atoms with Gasteiger partial charge in [0.1, 0.15) is 42.4 Å². The average molecular weight is 804 g/mol. The van der Waals surface area contributed by atoms with Gasteiger partial charge < -0.3 is 78.9 Å². The first kappa shape index (κ1) is 48.3. The van der Waals surface area contributed by atoms with E-state index in [9.17, 15) is 78.6 Å². The van der Waals surface area contributed by atoms with E-state index < -0.39 is 145 Å². The summed E-state index contributed by atoms with van der Waals surface area (Å²) in [6, 6.07) is -12.4. The molecule has 0 aromatic heterocycles. The summed E-state index contributed by atoms with van der Waals surface area (Å²) in [6.07, 6.45) is -7.76. The van der Waals surface area contributed by atoms with Crippen molar-refractivity contribution in [1.29, 1.82) is 0 Å². The summed E-state index contributed by atoms with van der Waals surface area (Å²) < 4.78 is 0. The molecule has 16 N–H and O–H groups in total. The number of carboxylic acid groups (broad SMARTS) is 1. The van der Waals surface area contributed by atoms with Gasteiger partial charge in [0.2, 0.25) is 47.4 Å². The Bertz CT molecular complexity index is 1550. The number of aliphatic hydroxyl groups is 5. The third-order valence-electron chi connectivity index (χ3n) is 8.12. The molecule has 0 aromatic carbocycles. The summed E-state index contributed by atoms with van der Waals surface area (Å²) >= 11 is 0. The SMILES string of the molecule is C/C=C(\C)C(=O)NCC1NC(=O)[C@H](C(=O)O)NC(=O)[C@H](O)CNC(=O)[C@@H]([C@H](C)O)NC(=O)[C@H](C(O)C(O)C(N)=O)NC(=O)[C@@H](C(C)C)NC(=O)C(CO)NC1=O. The quantitative estimate of drug-likeness (QED) is 0.0720. The molecule has 0 radical (unpaired) electrons. The number of primary amides is 1. The summed E-state index contributed by atoms with van der Waals surface area (Å²) in [6.45, 7) is 3.67. The summed E-state index contributed by atoms with van der Waals surface area (Å²) in [5.74, 6) is -15.1. The minimum Gasteiger partial charge on any atom is -0.479 e. The van der Waals surface area contributed by atoms with Crippen molar-refractivity contribution in [2.45, 2.75) is 95.3 Å². The molecule has 4 unspecified atom stereocenters. The summed E-state index contributed by atoms with van der Waals surface area (Å²) in [7, 11) is 0. The number of rotatable bonds is 10. The van der Waals surface area contributed by atoms with Crippen molar-refractivity contribution >= 4 is 59.1 Å². The zero-order valence-electron chi connectivity index (χ0n) is 30.9. The van der Waals surface area contributed by atoms with Crippen LogP contribution in [0.3, 0.4) is 0 Å². The van der Waals surface area contributed by atoms with Crippen LogP contribution < -0.4 is 48.3 Å². The third kappa shape index (κ3) is 13.8. The number of carboxylic acids is 1. The van der Waals surface area contributed by atoms with E-state index in [4.69, 9.17) is 5.73 Å². The largest absolute Gasteiger partial charge is 0.479 e. The van der Waals surface area contributed by atoms with E-state index in [0.717, 1.165) is 6.92 Å². The van der Waals surface area contributed by atoms with Crippen LogP contribution in [0.15, 0.2) is 11.6 Å². The van der Waals surface area contributed by atoms with Gasteiger partial charge in [-0.25, -0.2) is 4.79 Å². The Hall–Kier alpha value is -5.76. The molecular formula is C31H49N9O16. The van der Waals surface area contributed by atoms with Gasteiger partial charge in [-0.15, -0.1) is 0 Å². The van der Waals surface area contributed by atoms with Crippen LogP contribution in [-0.2, 0) is 47.9 Å². The zero-order chi connectivity index (χ0) is 43.2. The number of carbonyl (C=O) groups is 10. The summed E-state index contributed by atoms with van der Waals surface area (Å²) in [5.41, 5.74) is 5.19. The molecular weight excluding hydrogens is 754 g/mol. The first-order chi connectivity index (χ1) is 26.0. The van der Waals surface area contributed by atoms with Gasteiger partial charge >= 0.3 is 5.97 Å². The van der Waals surface area contributed by atoms with Gasteiger partial charge in [-0.1, -0.05) is 19.9 Å². The van der Waals surface area contributed by atoms with Crippen molar-refractivity contribution in [2.24, 2.45) is 11.7 Å². The van der Waals surface area contributed by atoms with E-state index in [1.54, 1.807) is 5.32 Å². The second kappa shape index (κ2) is 22.0. The molecule has 25 heteroatoms. The first-order valence-corrected chi connectivity index (χ1v) is 16.8. The maximum atomic E-state index is 13.5. The number of aliphatic carboxylic acids is 1. The molecule has 0 spiro atoms. The number of nitrogens with one attached hydrogen (secondary N) is 8. The lowest BCUT2D eigenvalue weighted by Crippen LogP contribution is -2.66. The van der Waals surface area contributed by atoms with Gasteiger partial charge in [0.15, 0.2) is 6.10 Å². The minimum absolute atomic E-state index is 0.147. The van der Waals surface area contributed by atoms with E-state index in [0.29, 0.717) is 0 Å². The fourth-order valence-corrected chi connectivity index (χ4v) is 4.61. The van der Waals surface area contributed by atoms with Crippen molar-refractivity contribution in [2.75, 3.05) is 19.7 Å². The van der Waals surface area contributed by atoms with Crippen molar-refractivity contribution in [1.82, 2.24) is 42.5 Å². The van der Waals surface area contributed by atoms with E-state index >= 15 is 0 Å². The number of hydrogen-bond acceptors (Lipinski definition) is 15. The van der Waals surface area contributed by atoms with Crippen LogP contribution in [-0.4, -0.2) is 170 Å². The molecule has 1 aliphatic rings. The monoisotopic (exact) mass is 803 g/mol. The molecule has 0 aromatic rings. The highest BCUT2D eigenvalue weighted by Crippen LogP contribution is 2.08. The second-order valence-corrected chi connectivity index (χ2v) is 12.8. The molecule has 1 heterocycles. The Morgan fingerprint density at radius 3 is 1.79 bits per heavy atom. The van der Waals surface area contributed by atoms with Gasteiger partial charge in [0, 0.05) is 12.1 Å². The zero-order valence-corrected chi connectivity index (χ0v) is 30.9. The van der Waals surface area contributed by atoms with Crippen molar-refractivity contribution in [3.63, 3.8) is 0 Å². The molecule has 56 heavy (non-hydrogen) atoms. The van der Waals surface area contributed by atoms with Crippen molar-refractivity contribution in [3.8, 4) is 0 Å². The van der Waals surface area contributed by atoms with E-state index in [1.165, 1.54) is 33.8 Å².